The van der Waals surface area contributed by atoms with E-state index in [2.05, 4.69) is 30.1 Å². The van der Waals surface area contributed by atoms with Gasteiger partial charge in [-0.15, -0.1) is 11.3 Å². The topological polar surface area (TPSA) is 38.9 Å². The van der Waals surface area contributed by atoms with Gasteiger partial charge in [-0.1, -0.05) is 19.1 Å². The van der Waals surface area contributed by atoms with E-state index in [0.717, 1.165) is 23.8 Å². The van der Waals surface area contributed by atoms with E-state index in [1.54, 1.807) is 11.3 Å². The molecule has 0 amide bonds. The average Bonchev–Trinajstić information content (AvgIpc) is 2.87. The molecule has 16 heavy (non-hydrogen) atoms. The van der Waals surface area contributed by atoms with Gasteiger partial charge in [-0.25, -0.2) is 4.98 Å². The summed E-state index contributed by atoms with van der Waals surface area (Å²) in [5.74, 6) is 1.55. The SMILES string of the molecule is CC1CC1C(N)Cc1nc2ccccc2s1. The monoisotopic (exact) mass is 232 g/mol. The van der Waals surface area contributed by atoms with Crippen LogP contribution < -0.4 is 5.73 Å². The minimum absolute atomic E-state index is 0.301. The molecule has 3 atom stereocenters. The van der Waals surface area contributed by atoms with Gasteiger partial charge in [-0.2, -0.15) is 0 Å². The van der Waals surface area contributed by atoms with Crippen molar-refractivity contribution in [3.63, 3.8) is 0 Å². The van der Waals surface area contributed by atoms with Crippen LogP contribution >= 0.6 is 11.3 Å². The molecule has 1 aliphatic carbocycles. The zero-order valence-corrected chi connectivity index (χ0v) is 10.2. The summed E-state index contributed by atoms with van der Waals surface area (Å²) in [4.78, 5) is 4.63. The first-order chi connectivity index (χ1) is 7.74. The van der Waals surface area contributed by atoms with Crippen molar-refractivity contribution in [2.75, 3.05) is 0 Å². The second-order valence-electron chi connectivity index (χ2n) is 4.82. The van der Waals surface area contributed by atoms with Crippen molar-refractivity contribution in [1.82, 2.24) is 4.98 Å². The van der Waals surface area contributed by atoms with Crippen LogP contribution in [0.3, 0.4) is 0 Å². The molecule has 3 rings (SSSR count). The number of fused-ring (bicyclic) bond motifs is 1. The second-order valence-corrected chi connectivity index (χ2v) is 5.94. The second kappa shape index (κ2) is 3.82. The summed E-state index contributed by atoms with van der Waals surface area (Å²) in [6.45, 7) is 2.28. The largest absolute Gasteiger partial charge is 0.327 e. The molecule has 0 aliphatic heterocycles. The zero-order chi connectivity index (χ0) is 11.1. The van der Waals surface area contributed by atoms with E-state index < -0.39 is 0 Å². The maximum Gasteiger partial charge on any atom is 0.0954 e. The van der Waals surface area contributed by atoms with E-state index in [1.165, 1.54) is 16.1 Å². The van der Waals surface area contributed by atoms with Crippen molar-refractivity contribution in [1.29, 1.82) is 0 Å². The van der Waals surface area contributed by atoms with E-state index in [0.29, 0.717) is 6.04 Å². The van der Waals surface area contributed by atoms with Gasteiger partial charge in [0.15, 0.2) is 0 Å². The molecule has 1 fully saturated rings. The smallest absolute Gasteiger partial charge is 0.0954 e. The summed E-state index contributed by atoms with van der Waals surface area (Å²) < 4.78 is 1.27. The molecule has 0 radical (unpaired) electrons. The van der Waals surface area contributed by atoms with Gasteiger partial charge < -0.3 is 5.73 Å². The number of para-hydroxylation sites is 1. The van der Waals surface area contributed by atoms with Crippen LogP contribution in [0.1, 0.15) is 18.4 Å². The molecule has 0 spiro atoms. The Kier molecular flexibility index (Phi) is 2.45. The van der Waals surface area contributed by atoms with Gasteiger partial charge in [0, 0.05) is 12.5 Å². The van der Waals surface area contributed by atoms with E-state index in [4.69, 9.17) is 5.73 Å². The Hall–Kier alpha value is -0.930. The van der Waals surface area contributed by atoms with Crippen LogP contribution in [0.15, 0.2) is 24.3 Å². The third-order valence-corrected chi connectivity index (χ3v) is 4.53. The highest BCUT2D eigenvalue weighted by Crippen LogP contribution is 2.41. The fourth-order valence-electron chi connectivity index (χ4n) is 2.31. The summed E-state index contributed by atoms with van der Waals surface area (Å²) in [5, 5.41) is 1.19. The number of hydrogen-bond acceptors (Lipinski definition) is 3. The highest BCUT2D eigenvalue weighted by Gasteiger charge is 2.37. The number of nitrogens with zero attached hydrogens (tertiary/aromatic N) is 1. The molecule has 1 saturated carbocycles. The highest BCUT2D eigenvalue weighted by molar-refractivity contribution is 7.18. The fraction of sp³-hybridized carbons (Fsp3) is 0.462. The molecule has 1 aromatic carbocycles. The molecular weight excluding hydrogens is 216 g/mol. The Bertz CT molecular complexity index is 472. The average molecular weight is 232 g/mol. The number of benzene rings is 1. The molecule has 0 bridgehead atoms. The zero-order valence-electron chi connectivity index (χ0n) is 9.39. The Morgan fingerprint density at radius 2 is 2.25 bits per heavy atom. The molecule has 1 aromatic heterocycles. The van der Waals surface area contributed by atoms with Crippen LogP contribution in [0, 0.1) is 11.8 Å². The lowest BCUT2D eigenvalue weighted by atomic mass is 10.1. The summed E-state index contributed by atoms with van der Waals surface area (Å²) in [7, 11) is 0. The molecule has 2 nitrogen and oxygen atoms in total. The lowest BCUT2D eigenvalue weighted by Gasteiger charge is -2.07. The van der Waals surface area contributed by atoms with Gasteiger partial charge in [-0.3, -0.25) is 0 Å². The predicted octanol–water partition coefficient (Wildman–Crippen LogP) is 2.82. The van der Waals surface area contributed by atoms with Crippen molar-refractivity contribution in [2.45, 2.75) is 25.8 Å². The van der Waals surface area contributed by atoms with Crippen LogP contribution in [-0.4, -0.2) is 11.0 Å². The first-order valence-corrected chi connectivity index (χ1v) is 6.65. The molecule has 3 heteroatoms. The predicted molar refractivity (Wildman–Crippen MR) is 68.6 cm³/mol. The molecule has 2 aromatic rings. The van der Waals surface area contributed by atoms with Crippen LogP contribution in [0.4, 0.5) is 0 Å². The third-order valence-electron chi connectivity index (χ3n) is 3.47. The minimum atomic E-state index is 0.301. The molecule has 3 unspecified atom stereocenters. The molecule has 0 saturated heterocycles. The number of thiazole rings is 1. The van der Waals surface area contributed by atoms with Gasteiger partial charge in [0.25, 0.3) is 0 Å². The number of hydrogen-bond donors (Lipinski definition) is 1. The van der Waals surface area contributed by atoms with Crippen molar-refractivity contribution in [3.8, 4) is 0 Å². The van der Waals surface area contributed by atoms with Gasteiger partial charge >= 0.3 is 0 Å². The van der Waals surface area contributed by atoms with Gasteiger partial charge in [0.2, 0.25) is 0 Å². The Morgan fingerprint density at radius 1 is 1.50 bits per heavy atom. The van der Waals surface area contributed by atoms with E-state index in [-0.39, 0.29) is 0 Å². The van der Waals surface area contributed by atoms with Crippen molar-refractivity contribution in [3.05, 3.63) is 29.3 Å². The van der Waals surface area contributed by atoms with Crippen LogP contribution in [0.5, 0.6) is 0 Å². The van der Waals surface area contributed by atoms with E-state index in [1.807, 2.05) is 6.07 Å². The Balaban J connectivity index is 1.79. The molecular formula is C13H16N2S. The third kappa shape index (κ3) is 1.85. The van der Waals surface area contributed by atoms with Crippen LogP contribution in [-0.2, 0) is 6.42 Å². The van der Waals surface area contributed by atoms with Crippen molar-refractivity contribution in [2.24, 2.45) is 17.6 Å². The Morgan fingerprint density at radius 3 is 2.94 bits per heavy atom. The highest BCUT2D eigenvalue weighted by atomic mass is 32.1. The van der Waals surface area contributed by atoms with E-state index >= 15 is 0 Å². The summed E-state index contributed by atoms with van der Waals surface area (Å²) in [6, 6.07) is 8.60. The molecule has 1 heterocycles. The maximum atomic E-state index is 6.19. The summed E-state index contributed by atoms with van der Waals surface area (Å²) in [5.41, 5.74) is 7.30. The van der Waals surface area contributed by atoms with Gasteiger partial charge in [-0.05, 0) is 30.4 Å². The normalized spacial score (nSPS) is 25.9. The van der Waals surface area contributed by atoms with Crippen molar-refractivity contribution >= 4 is 21.6 Å². The lowest BCUT2D eigenvalue weighted by molar-refractivity contribution is 0.559. The Labute approximate surface area is 99.5 Å². The quantitative estimate of drug-likeness (QED) is 0.883. The first-order valence-electron chi connectivity index (χ1n) is 5.84. The first kappa shape index (κ1) is 10.2. The number of aromatic nitrogens is 1. The number of nitrogens with two attached hydrogens (primary N) is 1. The van der Waals surface area contributed by atoms with Crippen molar-refractivity contribution < 1.29 is 0 Å². The lowest BCUT2D eigenvalue weighted by Crippen LogP contribution is -2.25. The van der Waals surface area contributed by atoms with Gasteiger partial charge in [0.1, 0.15) is 0 Å². The maximum absolute atomic E-state index is 6.19. The van der Waals surface area contributed by atoms with Gasteiger partial charge in [0.05, 0.1) is 15.2 Å². The summed E-state index contributed by atoms with van der Waals surface area (Å²) >= 11 is 1.78. The minimum Gasteiger partial charge on any atom is -0.327 e. The summed E-state index contributed by atoms with van der Waals surface area (Å²) in [6.07, 6.45) is 2.24. The molecule has 2 N–H and O–H groups in total. The van der Waals surface area contributed by atoms with E-state index in [9.17, 15) is 0 Å². The number of rotatable bonds is 3. The standard InChI is InChI=1S/C13H16N2S/c1-8-6-9(8)10(14)7-13-15-11-4-2-3-5-12(11)16-13/h2-5,8-10H,6-7,14H2,1H3. The van der Waals surface area contributed by atoms with Crippen LogP contribution in [0.2, 0.25) is 0 Å². The van der Waals surface area contributed by atoms with Crippen LogP contribution in [0.25, 0.3) is 10.2 Å². The fourth-order valence-corrected chi connectivity index (χ4v) is 3.35. The molecule has 84 valence electrons. The molecule has 1 aliphatic rings.